The Morgan fingerprint density at radius 1 is 1.40 bits per heavy atom. The summed E-state index contributed by atoms with van der Waals surface area (Å²) in [7, 11) is 0. The largest absolute Gasteiger partial charge is 0.335 e. The number of hydrogen-bond donors (Lipinski definition) is 1. The minimum absolute atomic E-state index is 0.0404. The molecular formula is C15H24N4O. The molecular weight excluding hydrogens is 252 g/mol. The number of nitrogens with zero attached hydrogens (tertiary/aromatic N) is 3. The van der Waals surface area contributed by atoms with Gasteiger partial charge in [0.25, 0.3) is 5.91 Å². The first-order chi connectivity index (χ1) is 9.60. The van der Waals surface area contributed by atoms with Crippen LogP contribution in [0, 0.1) is 0 Å². The van der Waals surface area contributed by atoms with Gasteiger partial charge in [0.2, 0.25) is 0 Å². The number of carbonyl (C=O) groups excluding carboxylic acids is 1. The van der Waals surface area contributed by atoms with Gasteiger partial charge in [-0.05, 0) is 19.4 Å². The van der Waals surface area contributed by atoms with Crippen LogP contribution < -0.4 is 0 Å². The summed E-state index contributed by atoms with van der Waals surface area (Å²) < 4.78 is 0. The van der Waals surface area contributed by atoms with E-state index in [0.29, 0.717) is 5.69 Å². The van der Waals surface area contributed by atoms with Gasteiger partial charge in [0.15, 0.2) is 0 Å². The molecule has 20 heavy (non-hydrogen) atoms. The zero-order valence-corrected chi connectivity index (χ0v) is 12.5. The Labute approximate surface area is 120 Å². The predicted octanol–water partition coefficient (Wildman–Crippen LogP) is 1.70. The number of amides is 1. The zero-order chi connectivity index (χ0) is 14.5. The summed E-state index contributed by atoms with van der Waals surface area (Å²) in [5.41, 5.74) is 2.75. The molecule has 1 N–H and O–H groups in total. The Morgan fingerprint density at radius 3 is 2.70 bits per heavy atom. The molecule has 0 unspecified atom stereocenters. The van der Waals surface area contributed by atoms with Gasteiger partial charge in [-0.3, -0.25) is 14.8 Å². The number of aromatic nitrogens is 2. The Morgan fingerprint density at radius 2 is 2.10 bits per heavy atom. The second-order valence-corrected chi connectivity index (χ2v) is 5.55. The van der Waals surface area contributed by atoms with Crippen LogP contribution in [0.25, 0.3) is 0 Å². The first-order valence-corrected chi connectivity index (χ1v) is 7.30. The summed E-state index contributed by atoms with van der Waals surface area (Å²) in [6.07, 6.45) is 1.99. The van der Waals surface area contributed by atoms with E-state index in [9.17, 15) is 4.79 Å². The van der Waals surface area contributed by atoms with Crippen molar-refractivity contribution >= 4 is 5.91 Å². The maximum atomic E-state index is 12.4. The van der Waals surface area contributed by atoms with Crippen LogP contribution in [-0.2, 0) is 6.42 Å². The van der Waals surface area contributed by atoms with E-state index in [1.165, 1.54) is 5.57 Å². The van der Waals surface area contributed by atoms with Crippen LogP contribution >= 0.6 is 0 Å². The smallest absolute Gasteiger partial charge is 0.274 e. The molecule has 1 aromatic rings. The fraction of sp³-hybridized carbons (Fsp3) is 0.600. The van der Waals surface area contributed by atoms with Gasteiger partial charge in [0.1, 0.15) is 5.69 Å². The zero-order valence-electron chi connectivity index (χ0n) is 12.5. The minimum atomic E-state index is 0.0404. The lowest BCUT2D eigenvalue weighted by Gasteiger charge is -2.34. The first kappa shape index (κ1) is 14.8. The molecule has 0 aromatic carbocycles. The van der Waals surface area contributed by atoms with E-state index in [0.717, 1.165) is 51.3 Å². The highest BCUT2D eigenvalue weighted by Crippen LogP contribution is 2.10. The highest BCUT2D eigenvalue weighted by Gasteiger charge is 2.23. The van der Waals surface area contributed by atoms with Gasteiger partial charge in [-0.15, -0.1) is 0 Å². The first-order valence-electron chi connectivity index (χ1n) is 7.30. The fourth-order valence-corrected chi connectivity index (χ4v) is 2.52. The van der Waals surface area contributed by atoms with Gasteiger partial charge in [-0.2, -0.15) is 5.10 Å². The summed E-state index contributed by atoms with van der Waals surface area (Å²) in [6, 6.07) is 1.88. The van der Waals surface area contributed by atoms with Crippen LogP contribution in [0.5, 0.6) is 0 Å². The third-order valence-corrected chi connectivity index (χ3v) is 3.52. The summed E-state index contributed by atoms with van der Waals surface area (Å²) >= 11 is 0. The van der Waals surface area contributed by atoms with Crippen LogP contribution in [0.15, 0.2) is 18.2 Å². The van der Waals surface area contributed by atoms with E-state index in [2.05, 4.69) is 28.6 Å². The molecule has 2 rings (SSSR count). The summed E-state index contributed by atoms with van der Waals surface area (Å²) in [4.78, 5) is 16.6. The van der Waals surface area contributed by atoms with Crippen LogP contribution in [0.4, 0.5) is 0 Å². The topological polar surface area (TPSA) is 52.2 Å². The molecule has 0 spiro atoms. The fourth-order valence-electron chi connectivity index (χ4n) is 2.52. The maximum absolute atomic E-state index is 12.4. The molecule has 5 nitrogen and oxygen atoms in total. The highest BCUT2D eigenvalue weighted by molar-refractivity contribution is 5.92. The molecule has 0 saturated carbocycles. The number of H-pyrrole nitrogens is 1. The quantitative estimate of drug-likeness (QED) is 0.833. The molecule has 1 fully saturated rings. The highest BCUT2D eigenvalue weighted by atomic mass is 16.2. The summed E-state index contributed by atoms with van der Waals surface area (Å²) in [6.45, 7) is 12.4. The summed E-state index contributed by atoms with van der Waals surface area (Å²) in [5, 5.41) is 7.08. The molecule has 0 radical (unpaired) electrons. The van der Waals surface area contributed by atoms with Crippen LogP contribution in [-0.4, -0.2) is 58.6 Å². The number of rotatable bonds is 5. The van der Waals surface area contributed by atoms with Gasteiger partial charge in [0, 0.05) is 38.4 Å². The number of piperazine rings is 1. The molecule has 1 saturated heterocycles. The van der Waals surface area contributed by atoms with Crippen molar-refractivity contribution in [1.29, 1.82) is 0 Å². The van der Waals surface area contributed by atoms with Crippen molar-refractivity contribution in [1.82, 2.24) is 20.0 Å². The summed E-state index contributed by atoms with van der Waals surface area (Å²) in [5.74, 6) is 0.0404. The van der Waals surface area contributed by atoms with Crippen molar-refractivity contribution in [2.45, 2.75) is 26.7 Å². The number of aromatic amines is 1. The third-order valence-electron chi connectivity index (χ3n) is 3.52. The molecule has 0 aliphatic carbocycles. The average Bonchev–Trinajstić information content (AvgIpc) is 2.87. The van der Waals surface area contributed by atoms with E-state index in [1.807, 2.05) is 17.9 Å². The lowest BCUT2D eigenvalue weighted by molar-refractivity contribution is 0.0642. The Kier molecular flexibility index (Phi) is 4.95. The molecule has 5 heteroatoms. The van der Waals surface area contributed by atoms with Crippen LogP contribution in [0.2, 0.25) is 0 Å². The Balaban J connectivity index is 1.89. The van der Waals surface area contributed by atoms with Crippen LogP contribution in [0.1, 0.15) is 36.5 Å². The van der Waals surface area contributed by atoms with Crippen molar-refractivity contribution in [3.8, 4) is 0 Å². The molecule has 0 atom stereocenters. The Bertz CT molecular complexity index is 472. The maximum Gasteiger partial charge on any atom is 0.274 e. The average molecular weight is 276 g/mol. The Hall–Kier alpha value is -1.62. The van der Waals surface area contributed by atoms with E-state index in [-0.39, 0.29) is 5.91 Å². The lowest BCUT2D eigenvalue weighted by Crippen LogP contribution is -2.49. The predicted molar refractivity (Wildman–Crippen MR) is 79.7 cm³/mol. The van der Waals surface area contributed by atoms with E-state index in [4.69, 9.17) is 0 Å². The SMILES string of the molecule is C=C(C)CN1CCN(C(=O)c2cc(CCC)[nH]n2)CC1. The molecule has 1 aliphatic heterocycles. The molecule has 1 aliphatic rings. The monoisotopic (exact) mass is 276 g/mol. The van der Waals surface area contributed by atoms with E-state index >= 15 is 0 Å². The van der Waals surface area contributed by atoms with E-state index in [1.54, 1.807) is 0 Å². The second kappa shape index (κ2) is 6.70. The number of hydrogen-bond acceptors (Lipinski definition) is 3. The van der Waals surface area contributed by atoms with Gasteiger partial charge >= 0.3 is 0 Å². The molecule has 0 bridgehead atoms. The van der Waals surface area contributed by atoms with Crippen molar-refractivity contribution in [2.75, 3.05) is 32.7 Å². The molecule has 2 heterocycles. The van der Waals surface area contributed by atoms with Crippen molar-refractivity contribution in [3.63, 3.8) is 0 Å². The number of carbonyl (C=O) groups is 1. The van der Waals surface area contributed by atoms with E-state index < -0.39 is 0 Å². The van der Waals surface area contributed by atoms with Crippen molar-refractivity contribution < 1.29 is 4.79 Å². The number of aryl methyl sites for hydroxylation is 1. The standard InChI is InChI=1S/C15H24N4O/c1-4-5-13-10-14(17-16-13)15(20)19-8-6-18(7-9-19)11-12(2)3/h10H,2,4-9,11H2,1,3H3,(H,16,17). The van der Waals surface area contributed by atoms with Gasteiger partial charge < -0.3 is 4.90 Å². The normalized spacial score (nSPS) is 16.4. The molecule has 1 aromatic heterocycles. The lowest BCUT2D eigenvalue weighted by atomic mass is 10.2. The van der Waals surface area contributed by atoms with Gasteiger partial charge in [-0.25, -0.2) is 0 Å². The second-order valence-electron chi connectivity index (χ2n) is 5.55. The van der Waals surface area contributed by atoms with Crippen molar-refractivity contribution in [3.05, 3.63) is 29.6 Å². The van der Waals surface area contributed by atoms with Crippen LogP contribution in [0.3, 0.4) is 0 Å². The van der Waals surface area contributed by atoms with Gasteiger partial charge in [-0.1, -0.05) is 25.5 Å². The van der Waals surface area contributed by atoms with Gasteiger partial charge in [0.05, 0.1) is 0 Å². The molecule has 110 valence electrons. The molecule has 1 amide bonds. The third kappa shape index (κ3) is 3.70. The minimum Gasteiger partial charge on any atom is -0.335 e. The number of nitrogens with one attached hydrogen (secondary N) is 1. The van der Waals surface area contributed by atoms with Crippen molar-refractivity contribution in [2.24, 2.45) is 0 Å².